The molecule has 0 radical (unpaired) electrons. The van der Waals surface area contributed by atoms with E-state index in [0.29, 0.717) is 6.61 Å². The Bertz CT molecular complexity index is 1050. The minimum absolute atomic E-state index is 0.216. The maximum Gasteiger partial charge on any atom is 0.223 e. The maximum atomic E-state index is 11.8. The Morgan fingerprint density at radius 2 is 1.94 bits per heavy atom. The molecule has 0 aliphatic heterocycles. The third-order valence-corrected chi connectivity index (χ3v) is 5.93. The van der Waals surface area contributed by atoms with Gasteiger partial charge in [-0.1, -0.05) is 36.4 Å². The predicted molar refractivity (Wildman–Crippen MR) is 129 cm³/mol. The van der Waals surface area contributed by atoms with Crippen LogP contribution in [0.2, 0.25) is 0 Å². The molecule has 4 rings (SSSR count). The molecule has 1 N–H and O–H groups in total. The third kappa shape index (κ3) is 5.78. The molecule has 0 bridgehead atoms. The van der Waals surface area contributed by atoms with E-state index in [0.717, 1.165) is 75.1 Å². The van der Waals surface area contributed by atoms with Gasteiger partial charge in [-0.05, 0) is 62.3 Å². The van der Waals surface area contributed by atoms with Crippen molar-refractivity contribution in [2.45, 2.75) is 51.5 Å². The van der Waals surface area contributed by atoms with E-state index in [-0.39, 0.29) is 11.8 Å². The molecule has 3 aromatic rings. The van der Waals surface area contributed by atoms with Crippen molar-refractivity contribution in [1.29, 1.82) is 0 Å². The summed E-state index contributed by atoms with van der Waals surface area (Å²) in [7, 11) is 0. The van der Waals surface area contributed by atoms with Crippen LogP contribution in [0.1, 0.15) is 43.5 Å². The molecule has 0 unspecified atom stereocenters. The van der Waals surface area contributed by atoms with Gasteiger partial charge in [-0.25, -0.2) is 4.98 Å². The minimum Gasteiger partial charge on any atom is -0.493 e. The zero-order valence-electron chi connectivity index (χ0n) is 18.8. The molecule has 1 fully saturated rings. The SMILES string of the molecule is C=CCc1ccccc1OCCCCn1c(CCCNC(=O)C2CC2)nc2ccccc21. The summed E-state index contributed by atoms with van der Waals surface area (Å²) in [6.45, 7) is 6.16. The minimum atomic E-state index is 0.216. The van der Waals surface area contributed by atoms with E-state index in [1.165, 1.54) is 11.1 Å². The van der Waals surface area contributed by atoms with E-state index < -0.39 is 0 Å². The molecule has 1 heterocycles. The third-order valence-electron chi connectivity index (χ3n) is 5.93. The van der Waals surface area contributed by atoms with E-state index in [4.69, 9.17) is 9.72 Å². The average molecular weight is 432 g/mol. The molecule has 2 aromatic carbocycles. The monoisotopic (exact) mass is 431 g/mol. The van der Waals surface area contributed by atoms with Gasteiger partial charge in [0, 0.05) is 25.4 Å². The van der Waals surface area contributed by atoms with Gasteiger partial charge >= 0.3 is 0 Å². The number of nitrogens with one attached hydrogen (secondary N) is 1. The van der Waals surface area contributed by atoms with Crippen molar-refractivity contribution in [2.75, 3.05) is 13.2 Å². The second-order valence-corrected chi connectivity index (χ2v) is 8.49. The van der Waals surface area contributed by atoms with Crippen molar-refractivity contribution in [1.82, 2.24) is 14.9 Å². The summed E-state index contributed by atoms with van der Waals surface area (Å²) >= 11 is 0. The number of aromatic nitrogens is 2. The van der Waals surface area contributed by atoms with Gasteiger partial charge in [-0.15, -0.1) is 6.58 Å². The maximum absolute atomic E-state index is 11.8. The Labute approximate surface area is 190 Å². The molecule has 32 heavy (non-hydrogen) atoms. The van der Waals surface area contributed by atoms with Gasteiger partial charge in [0.15, 0.2) is 0 Å². The van der Waals surface area contributed by atoms with Crippen LogP contribution >= 0.6 is 0 Å². The van der Waals surface area contributed by atoms with Crippen LogP contribution in [0.15, 0.2) is 61.2 Å². The quantitative estimate of drug-likeness (QED) is 0.303. The number of para-hydroxylation sites is 3. The highest BCUT2D eigenvalue weighted by Crippen LogP contribution is 2.28. The lowest BCUT2D eigenvalue weighted by Gasteiger charge is -2.12. The molecule has 5 heteroatoms. The van der Waals surface area contributed by atoms with Gasteiger partial charge in [0.1, 0.15) is 11.6 Å². The highest BCUT2D eigenvalue weighted by molar-refractivity contribution is 5.80. The lowest BCUT2D eigenvalue weighted by molar-refractivity contribution is -0.122. The zero-order chi connectivity index (χ0) is 22.2. The molecule has 168 valence electrons. The fourth-order valence-corrected chi connectivity index (χ4v) is 4.04. The van der Waals surface area contributed by atoms with Gasteiger partial charge in [0.25, 0.3) is 0 Å². The van der Waals surface area contributed by atoms with Crippen molar-refractivity contribution < 1.29 is 9.53 Å². The number of imidazole rings is 1. The fourth-order valence-electron chi connectivity index (χ4n) is 4.04. The van der Waals surface area contributed by atoms with Crippen molar-refractivity contribution >= 4 is 16.9 Å². The zero-order valence-corrected chi connectivity index (χ0v) is 18.8. The molecule has 1 amide bonds. The van der Waals surface area contributed by atoms with Crippen LogP contribution in [0.3, 0.4) is 0 Å². The first-order valence-corrected chi connectivity index (χ1v) is 11.8. The van der Waals surface area contributed by atoms with E-state index >= 15 is 0 Å². The van der Waals surface area contributed by atoms with Crippen LogP contribution in [-0.2, 0) is 24.2 Å². The summed E-state index contributed by atoms with van der Waals surface area (Å²) in [6, 6.07) is 16.5. The second kappa shape index (κ2) is 11.0. The van der Waals surface area contributed by atoms with Crippen molar-refractivity contribution in [2.24, 2.45) is 5.92 Å². The van der Waals surface area contributed by atoms with Gasteiger partial charge in [-0.3, -0.25) is 4.79 Å². The number of carbonyl (C=O) groups excluding carboxylic acids is 1. The molecular weight excluding hydrogens is 398 g/mol. The highest BCUT2D eigenvalue weighted by Gasteiger charge is 2.29. The highest BCUT2D eigenvalue weighted by atomic mass is 16.5. The molecule has 1 saturated carbocycles. The number of fused-ring (bicyclic) bond motifs is 1. The Hall–Kier alpha value is -3.08. The normalized spacial score (nSPS) is 13.2. The summed E-state index contributed by atoms with van der Waals surface area (Å²) in [5.74, 6) is 2.54. The standard InChI is InChI=1S/C27H33N3O2/c1-2-10-21-11-3-6-14-25(21)32-20-8-7-19-30-24-13-5-4-12-23(24)29-26(30)15-9-18-28-27(31)22-16-17-22/h2-6,11-14,22H,1,7-10,15-20H2,(H,28,31). The number of ether oxygens (including phenoxy) is 1. The first kappa shape index (κ1) is 22.1. The van der Waals surface area contributed by atoms with Crippen LogP contribution in [0.4, 0.5) is 0 Å². The molecular formula is C27H33N3O2. The van der Waals surface area contributed by atoms with Crippen LogP contribution in [-0.4, -0.2) is 28.6 Å². The number of nitrogens with zero attached hydrogens (tertiary/aromatic N) is 2. The van der Waals surface area contributed by atoms with E-state index in [1.54, 1.807) is 0 Å². The Morgan fingerprint density at radius 3 is 2.78 bits per heavy atom. The van der Waals surface area contributed by atoms with E-state index in [2.05, 4.69) is 40.7 Å². The first-order chi connectivity index (χ1) is 15.8. The van der Waals surface area contributed by atoms with E-state index in [9.17, 15) is 4.79 Å². The first-order valence-electron chi connectivity index (χ1n) is 11.8. The summed E-state index contributed by atoms with van der Waals surface area (Å²) in [4.78, 5) is 16.7. The molecule has 0 spiro atoms. The lowest BCUT2D eigenvalue weighted by atomic mass is 10.1. The molecule has 1 aliphatic rings. The Kier molecular flexibility index (Phi) is 7.59. The summed E-state index contributed by atoms with van der Waals surface area (Å²) in [6.07, 6.45) is 8.60. The van der Waals surface area contributed by atoms with Crippen molar-refractivity contribution in [3.63, 3.8) is 0 Å². The number of hydrogen-bond acceptors (Lipinski definition) is 3. The van der Waals surface area contributed by atoms with Crippen molar-refractivity contribution in [3.05, 3.63) is 72.6 Å². The Morgan fingerprint density at radius 1 is 1.12 bits per heavy atom. The summed E-state index contributed by atoms with van der Waals surface area (Å²) in [5, 5.41) is 3.06. The topological polar surface area (TPSA) is 56.1 Å². The number of aryl methyl sites for hydroxylation is 2. The van der Waals surface area contributed by atoms with Crippen LogP contribution in [0, 0.1) is 5.92 Å². The molecule has 0 atom stereocenters. The number of hydrogen-bond donors (Lipinski definition) is 1. The smallest absolute Gasteiger partial charge is 0.223 e. The lowest BCUT2D eigenvalue weighted by Crippen LogP contribution is -2.26. The Balaban J connectivity index is 1.29. The van der Waals surface area contributed by atoms with Crippen LogP contribution in [0.25, 0.3) is 11.0 Å². The number of unbranched alkanes of at least 4 members (excludes halogenated alkanes) is 1. The van der Waals surface area contributed by atoms with Crippen LogP contribution in [0.5, 0.6) is 5.75 Å². The van der Waals surface area contributed by atoms with E-state index in [1.807, 2.05) is 30.3 Å². The van der Waals surface area contributed by atoms with Crippen LogP contribution < -0.4 is 10.1 Å². The van der Waals surface area contributed by atoms with Gasteiger partial charge < -0.3 is 14.6 Å². The van der Waals surface area contributed by atoms with Gasteiger partial charge in [-0.2, -0.15) is 0 Å². The molecule has 5 nitrogen and oxygen atoms in total. The molecule has 1 aliphatic carbocycles. The molecule has 1 aromatic heterocycles. The predicted octanol–water partition coefficient (Wildman–Crippen LogP) is 5.08. The number of rotatable bonds is 13. The number of benzene rings is 2. The van der Waals surface area contributed by atoms with Crippen molar-refractivity contribution in [3.8, 4) is 5.75 Å². The number of carbonyl (C=O) groups is 1. The number of amides is 1. The largest absolute Gasteiger partial charge is 0.493 e. The average Bonchev–Trinajstić information content (AvgIpc) is 3.60. The second-order valence-electron chi connectivity index (χ2n) is 8.49. The number of allylic oxidation sites excluding steroid dienone is 1. The molecule has 0 saturated heterocycles. The summed E-state index contributed by atoms with van der Waals surface area (Å²) < 4.78 is 8.38. The fraction of sp³-hybridized carbons (Fsp3) is 0.407. The van der Waals surface area contributed by atoms with Gasteiger partial charge in [0.05, 0.1) is 17.6 Å². The van der Waals surface area contributed by atoms with Gasteiger partial charge in [0.2, 0.25) is 5.91 Å². The summed E-state index contributed by atoms with van der Waals surface area (Å²) in [5.41, 5.74) is 3.40.